The molecule has 2 aliphatic rings. The summed E-state index contributed by atoms with van der Waals surface area (Å²) in [5.41, 5.74) is 5.42. The molecule has 1 aliphatic carbocycles. The van der Waals surface area contributed by atoms with Gasteiger partial charge in [-0.3, -0.25) is 0 Å². The fourth-order valence-corrected chi connectivity index (χ4v) is 3.42. The zero-order valence-electron chi connectivity index (χ0n) is 12.4. The zero-order valence-corrected chi connectivity index (χ0v) is 12.4. The Morgan fingerprint density at radius 2 is 1.76 bits per heavy atom. The topological polar surface area (TPSA) is 23.5 Å². The van der Waals surface area contributed by atoms with E-state index in [4.69, 9.17) is 0 Å². The molecule has 0 saturated heterocycles. The van der Waals surface area contributed by atoms with Crippen molar-refractivity contribution >= 4 is 5.69 Å². The van der Waals surface area contributed by atoms with E-state index >= 15 is 0 Å². The summed E-state index contributed by atoms with van der Waals surface area (Å²) in [5.74, 6) is 1.20. The molecule has 1 fully saturated rings. The molecule has 2 heteroatoms. The summed E-state index contributed by atoms with van der Waals surface area (Å²) in [4.78, 5) is 2.47. The Bertz CT molecular complexity index is 658. The Hall–Kier alpha value is -1.96. The third kappa shape index (κ3) is 2.39. The van der Waals surface area contributed by atoms with E-state index in [1.807, 2.05) is 6.07 Å². The minimum Gasteiger partial charge on any atom is -0.508 e. The van der Waals surface area contributed by atoms with Crippen LogP contribution in [-0.4, -0.2) is 11.1 Å². The zero-order chi connectivity index (χ0) is 14.4. The first-order valence-corrected chi connectivity index (χ1v) is 7.88. The van der Waals surface area contributed by atoms with Gasteiger partial charge in [-0.25, -0.2) is 0 Å². The fraction of sp³-hybridized carbons (Fsp3) is 0.368. The predicted octanol–water partition coefficient (Wildman–Crippen LogP) is 4.22. The molecule has 2 aromatic rings. The second kappa shape index (κ2) is 4.80. The predicted molar refractivity (Wildman–Crippen MR) is 85.9 cm³/mol. The summed E-state index contributed by atoms with van der Waals surface area (Å²) in [6.45, 7) is 3.20. The van der Waals surface area contributed by atoms with Gasteiger partial charge in [0.05, 0.1) is 0 Å². The molecular formula is C19H21NO. The number of aromatic hydroxyl groups is 1. The summed E-state index contributed by atoms with van der Waals surface area (Å²) < 4.78 is 0. The molecular weight excluding hydrogens is 258 g/mol. The van der Waals surface area contributed by atoms with E-state index in [-0.39, 0.29) is 0 Å². The Morgan fingerprint density at radius 3 is 2.48 bits per heavy atom. The molecule has 21 heavy (non-hydrogen) atoms. The van der Waals surface area contributed by atoms with Crippen molar-refractivity contribution in [3.05, 3.63) is 59.2 Å². The molecule has 0 radical (unpaired) electrons. The summed E-state index contributed by atoms with van der Waals surface area (Å²) in [7, 11) is 0. The van der Waals surface area contributed by atoms with Gasteiger partial charge in [0.1, 0.15) is 5.75 Å². The average Bonchev–Trinajstić information content (AvgIpc) is 3.31. The summed E-state index contributed by atoms with van der Waals surface area (Å²) >= 11 is 0. The lowest BCUT2D eigenvalue weighted by molar-refractivity contribution is 0.472. The highest BCUT2D eigenvalue weighted by Gasteiger charge is 2.25. The van der Waals surface area contributed by atoms with E-state index in [0.717, 1.165) is 18.9 Å². The Labute approximate surface area is 126 Å². The number of phenolic OH excluding ortho intramolecular Hbond substituents is 1. The third-order valence-electron chi connectivity index (χ3n) is 4.85. The number of benzene rings is 2. The Kier molecular flexibility index (Phi) is 2.91. The fourth-order valence-electron chi connectivity index (χ4n) is 3.42. The van der Waals surface area contributed by atoms with Gasteiger partial charge in [-0.1, -0.05) is 18.2 Å². The maximum Gasteiger partial charge on any atom is 0.115 e. The molecule has 4 rings (SSSR count). The van der Waals surface area contributed by atoms with E-state index < -0.39 is 0 Å². The van der Waals surface area contributed by atoms with Gasteiger partial charge in [-0.05, 0) is 73.1 Å². The second-order valence-corrected chi connectivity index (χ2v) is 6.50. The molecule has 1 N–H and O–H groups in total. The van der Waals surface area contributed by atoms with Gasteiger partial charge in [0, 0.05) is 18.3 Å². The monoisotopic (exact) mass is 279 g/mol. The van der Waals surface area contributed by atoms with Crippen LogP contribution in [0.15, 0.2) is 42.5 Å². The second-order valence-electron chi connectivity index (χ2n) is 6.50. The summed E-state index contributed by atoms with van der Waals surface area (Å²) in [5, 5.41) is 9.63. The van der Waals surface area contributed by atoms with Crippen molar-refractivity contribution in [2.24, 2.45) is 0 Å². The normalized spacial score (nSPS) is 21.2. The average molecular weight is 279 g/mol. The lowest BCUT2D eigenvalue weighted by atomic mass is 9.94. The summed E-state index contributed by atoms with van der Waals surface area (Å²) in [6.07, 6.45) is 3.71. The number of hydrogen-bond acceptors (Lipinski definition) is 2. The van der Waals surface area contributed by atoms with Crippen molar-refractivity contribution in [1.29, 1.82) is 0 Å². The van der Waals surface area contributed by atoms with Gasteiger partial charge in [0.2, 0.25) is 0 Å². The maximum atomic E-state index is 9.63. The van der Waals surface area contributed by atoms with Crippen molar-refractivity contribution in [2.45, 2.75) is 44.7 Å². The van der Waals surface area contributed by atoms with E-state index in [2.05, 4.69) is 42.2 Å². The molecule has 2 aromatic carbocycles. The van der Waals surface area contributed by atoms with E-state index in [1.165, 1.54) is 35.2 Å². The van der Waals surface area contributed by atoms with Gasteiger partial charge < -0.3 is 10.0 Å². The van der Waals surface area contributed by atoms with Crippen molar-refractivity contribution in [2.75, 3.05) is 4.90 Å². The molecule has 0 amide bonds. The quantitative estimate of drug-likeness (QED) is 0.889. The molecule has 108 valence electrons. The minimum atomic E-state index is 0.378. The third-order valence-corrected chi connectivity index (χ3v) is 4.85. The molecule has 0 spiro atoms. The van der Waals surface area contributed by atoms with Gasteiger partial charge in [-0.2, -0.15) is 0 Å². The van der Waals surface area contributed by atoms with Crippen molar-refractivity contribution < 1.29 is 5.11 Å². The smallest absolute Gasteiger partial charge is 0.115 e. The van der Waals surface area contributed by atoms with Crippen LogP contribution in [0.1, 0.15) is 42.4 Å². The van der Waals surface area contributed by atoms with E-state index in [1.54, 1.807) is 6.07 Å². The van der Waals surface area contributed by atoms with Crippen LogP contribution in [0.2, 0.25) is 0 Å². The van der Waals surface area contributed by atoms with E-state index in [9.17, 15) is 5.11 Å². The van der Waals surface area contributed by atoms with Crippen LogP contribution in [0.4, 0.5) is 5.69 Å². The number of nitrogens with zero attached hydrogens (tertiary/aromatic N) is 1. The first-order chi connectivity index (χ1) is 10.2. The van der Waals surface area contributed by atoms with Crippen LogP contribution in [0.5, 0.6) is 5.75 Å². The molecule has 1 aliphatic heterocycles. The van der Waals surface area contributed by atoms with Crippen molar-refractivity contribution in [3.63, 3.8) is 0 Å². The lowest BCUT2D eigenvalue weighted by Gasteiger charge is -2.37. The van der Waals surface area contributed by atoms with Crippen molar-refractivity contribution in [1.82, 2.24) is 0 Å². The standard InChI is InChI=1S/C19H21NO/c1-13-10-17-11-19(21)9-6-16(17)12-20(13)18-7-4-15(5-8-18)14-2-3-14/h4-9,11,13-14,21H,2-3,10,12H2,1H3. The van der Waals surface area contributed by atoms with Gasteiger partial charge >= 0.3 is 0 Å². The largest absolute Gasteiger partial charge is 0.508 e. The molecule has 0 bridgehead atoms. The van der Waals surface area contributed by atoms with Gasteiger partial charge in [-0.15, -0.1) is 0 Å². The first-order valence-electron chi connectivity index (χ1n) is 7.88. The molecule has 1 saturated carbocycles. The van der Waals surface area contributed by atoms with Crippen LogP contribution >= 0.6 is 0 Å². The highest BCUT2D eigenvalue weighted by atomic mass is 16.3. The lowest BCUT2D eigenvalue weighted by Crippen LogP contribution is -2.38. The van der Waals surface area contributed by atoms with Crippen LogP contribution in [-0.2, 0) is 13.0 Å². The first kappa shape index (κ1) is 12.8. The number of anilines is 1. The number of hydrogen-bond donors (Lipinski definition) is 1. The van der Waals surface area contributed by atoms with Crippen LogP contribution in [0, 0.1) is 0 Å². The molecule has 1 unspecified atom stereocenters. The van der Waals surface area contributed by atoms with Crippen molar-refractivity contribution in [3.8, 4) is 5.75 Å². The number of fused-ring (bicyclic) bond motifs is 1. The molecule has 1 atom stereocenters. The number of phenols is 1. The number of rotatable bonds is 2. The summed E-state index contributed by atoms with van der Waals surface area (Å²) in [6, 6.07) is 15.4. The minimum absolute atomic E-state index is 0.378. The Morgan fingerprint density at radius 1 is 1.00 bits per heavy atom. The molecule has 0 aromatic heterocycles. The van der Waals surface area contributed by atoms with Crippen LogP contribution < -0.4 is 4.90 Å². The Balaban J connectivity index is 1.61. The van der Waals surface area contributed by atoms with Gasteiger partial charge in [0.15, 0.2) is 0 Å². The van der Waals surface area contributed by atoms with E-state index in [0.29, 0.717) is 11.8 Å². The van der Waals surface area contributed by atoms with Crippen LogP contribution in [0.25, 0.3) is 0 Å². The molecule has 2 nitrogen and oxygen atoms in total. The maximum absolute atomic E-state index is 9.63. The van der Waals surface area contributed by atoms with Gasteiger partial charge in [0.25, 0.3) is 0 Å². The highest BCUT2D eigenvalue weighted by Crippen LogP contribution is 2.40. The highest BCUT2D eigenvalue weighted by molar-refractivity contribution is 5.53. The van der Waals surface area contributed by atoms with Crippen LogP contribution in [0.3, 0.4) is 0 Å². The molecule has 1 heterocycles. The SMILES string of the molecule is CC1Cc2cc(O)ccc2CN1c1ccc(C2CC2)cc1.